The zero-order chi connectivity index (χ0) is 34.5. The highest BCUT2D eigenvalue weighted by Crippen LogP contribution is 2.48. The number of nitrogens with one attached hydrogen (secondary N) is 2. The number of halogens is 2. The average molecular weight is 706 g/mol. The molecular formula is C36H41F2N7O4S. The first-order valence-corrected chi connectivity index (χ1v) is 19.6. The summed E-state index contributed by atoms with van der Waals surface area (Å²) in [6, 6.07) is 6.29. The molecule has 264 valence electrons. The molecule has 4 aliphatic heterocycles. The highest BCUT2D eigenvalue weighted by molar-refractivity contribution is 7.92. The van der Waals surface area contributed by atoms with Crippen LogP contribution >= 0.6 is 0 Å². The summed E-state index contributed by atoms with van der Waals surface area (Å²) in [6.07, 6.45) is 3.95. The molecule has 6 heterocycles. The molecule has 0 amide bonds. The van der Waals surface area contributed by atoms with Gasteiger partial charge >= 0.3 is 6.01 Å². The van der Waals surface area contributed by atoms with Crippen molar-refractivity contribution < 1.29 is 27.6 Å². The smallest absolute Gasteiger partial charge is 0.319 e. The van der Waals surface area contributed by atoms with Crippen LogP contribution in [0.15, 0.2) is 24.3 Å². The zero-order valence-corrected chi connectivity index (χ0v) is 29.0. The van der Waals surface area contributed by atoms with Crippen molar-refractivity contribution in [3.05, 3.63) is 41.5 Å². The largest absolute Gasteiger partial charge is 0.508 e. The monoisotopic (exact) mass is 705 g/mol. The van der Waals surface area contributed by atoms with Crippen molar-refractivity contribution in [3.63, 3.8) is 0 Å². The molecular weight excluding hydrogens is 665 g/mol. The first kappa shape index (κ1) is 32.1. The number of benzene rings is 2. The number of phenols is 1. The summed E-state index contributed by atoms with van der Waals surface area (Å²) < 4.78 is 65.5. The minimum absolute atomic E-state index is 0.000702. The number of nitrogens with zero attached hydrogens (tertiary/aromatic N) is 5. The van der Waals surface area contributed by atoms with Crippen LogP contribution in [0, 0.1) is 21.8 Å². The van der Waals surface area contributed by atoms with E-state index in [2.05, 4.69) is 15.1 Å². The molecule has 50 heavy (non-hydrogen) atoms. The quantitative estimate of drug-likeness (QED) is 0.241. The molecule has 9 rings (SSSR count). The number of ether oxygens (including phenoxy) is 2. The lowest BCUT2D eigenvalue weighted by Crippen LogP contribution is -2.62. The predicted molar refractivity (Wildman–Crippen MR) is 187 cm³/mol. The van der Waals surface area contributed by atoms with Crippen molar-refractivity contribution in [2.24, 2.45) is 5.41 Å². The van der Waals surface area contributed by atoms with Crippen molar-refractivity contribution in [3.8, 4) is 28.9 Å². The highest BCUT2D eigenvalue weighted by atomic mass is 32.2. The van der Waals surface area contributed by atoms with Gasteiger partial charge in [0.2, 0.25) is 5.88 Å². The maximum atomic E-state index is 17.2. The van der Waals surface area contributed by atoms with Crippen LogP contribution in [0.25, 0.3) is 32.9 Å². The number of hydrogen-bond acceptors (Lipinski definition) is 11. The molecule has 4 aromatic rings. The SMILES string of the molecule is CCc1c(F)ccc2cc(O)cc(-c3nc4c5c(nc(OCC6(CN7CCS(=N)(=O)CC7)CC6)nc5c3F)N3CC5CCC(N5)C3C(C)O4)c12. The number of hydrogen-bond donors (Lipinski definition) is 3. The Bertz CT molecular complexity index is 2150. The van der Waals surface area contributed by atoms with Crippen molar-refractivity contribution in [2.75, 3.05) is 49.2 Å². The molecule has 1 aliphatic carbocycles. The Morgan fingerprint density at radius 1 is 1.14 bits per heavy atom. The summed E-state index contributed by atoms with van der Waals surface area (Å²) in [5.74, 6) is 0.249. The van der Waals surface area contributed by atoms with E-state index in [9.17, 15) is 9.32 Å². The second kappa shape index (κ2) is 11.6. The van der Waals surface area contributed by atoms with Crippen LogP contribution < -0.4 is 19.7 Å². The normalized spacial score (nSPS) is 26.4. The van der Waals surface area contributed by atoms with E-state index in [0.717, 1.165) is 32.2 Å². The number of pyridine rings is 1. The maximum absolute atomic E-state index is 17.2. The van der Waals surface area contributed by atoms with Crippen LogP contribution in [0.4, 0.5) is 14.6 Å². The van der Waals surface area contributed by atoms with Gasteiger partial charge in [0.05, 0.1) is 12.6 Å². The van der Waals surface area contributed by atoms with Gasteiger partial charge in [-0.2, -0.15) is 9.97 Å². The first-order chi connectivity index (χ1) is 24.0. The molecule has 5 aliphatic rings. The van der Waals surface area contributed by atoms with E-state index in [1.165, 1.54) is 12.1 Å². The van der Waals surface area contributed by atoms with Gasteiger partial charge in [-0.3, -0.25) is 4.78 Å². The number of piperazine rings is 1. The Kier molecular flexibility index (Phi) is 7.42. The van der Waals surface area contributed by atoms with Crippen LogP contribution in [-0.4, -0.2) is 97.7 Å². The van der Waals surface area contributed by atoms with Gasteiger partial charge in [-0.25, -0.2) is 18.0 Å². The molecule has 2 bridgehead atoms. The molecule has 4 fully saturated rings. The maximum Gasteiger partial charge on any atom is 0.319 e. The molecule has 4 unspecified atom stereocenters. The van der Waals surface area contributed by atoms with Gasteiger partial charge in [-0.1, -0.05) is 13.0 Å². The van der Waals surface area contributed by atoms with E-state index < -0.39 is 21.4 Å². The average Bonchev–Trinajstić information content (AvgIpc) is 3.78. The van der Waals surface area contributed by atoms with Gasteiger partial charge in [-0.15, -0.1) is 0 Å². The molecule has 0 spiro atoms. The lowest BCUT2D eigenvalue weighted by atomic mass is 9.94. The van der Waals surface area contributed by atoms with Gasteiger partial charge in [0.1, 0.15) is 40.1 Å². The van der Waals surface area contributed by atoms with E-state index in [-0.39, 0.29) is 64.1 Å². The molecule has 4 atom stereocenters. The summed E-state index contributed by atoms with van der Waals surface area (Å²) in [5.41, 5.74) is 0.448. The third kappa shape index (κ3) is 5.32. The molecule has 14 heteroatoms. The van der Waals surface area contributed by atoms with Crippen LogP contribution in [0.2, 0.25) is 0 Å². The number of aromatic hydroxyl groups is 1. The molecule has 11 nitrogen and oxygen atoms in total. The first-order valence-electron chi connectivity index (χ1n) is 17.7. The summed E-state index contributed by atoms with van der Waals surface area (Å²) in [6.45, 7) is 6.87. The second-order valence-electron chi connectivity index (χ2n) is 14.9. The number of rotatable bonds is 7. The second-order valence-corrected chi connectivity index (χ2v) is 17.3. The number of fused-ring (bicyclic) bond motifs is 6. The third-order valence-electron chi connectivity index (χ3n) is 11.5. The number of aryl methyl sites for hydroxylation is 1. The van der Waals surface area contributed by atoms with E-state index >= 15 is 8.78 Å². The summed E-state index contributed by atoms with van der Waals surface area (Å²) in [7, 11) is -2.49. The predicted octanol–water partition coefficient (Wildman–Crippen LogP) is 5.00. The van der Waals surface area contributed by atoms with Crippen molar-refractivity contribution in [1.29, 1.82) is 4.78 Å². The number of aromatic nitrogens is 3. The van der Waals surface area contributed by atoms with Gasteiger partial charge in [0.15, 0.2) is 5.82 Å². The molecule has 2 aromatic carbocycles. The fraction of sp³-hybridized carbons (Fsp3) is 0.528. The van der Waals surface area contributed by atoms with Gasteiger partial charge in [-0.05, 0) is 73.6 Å². The Hall–Kier alpha value is -3.88. The number of phenolic OH excluding ortho intramolecular Hbond substituents is 1. The van der Waals surface area contributed by atoms with Crippen LogP contribution in [0.1, 0.15) is 45.1 Å². The molecule has 3 saturated heterocycles. The molecule has 2 aromatic heterocycles. The van der Waals surface area contributed by atoms with E-state index in [0.29, 0.717) is 71.7 Å². The van der Waals surface area contributed by atoms with Crippen molar-refractivity contribution >= 4 is 37.2 Å². The topological polar surface area (TPSA) is 137 Å². The van der Waals surface area contributed by atoms with E-state index in [1.807, 2.05) is 13.8 Å². The lowest BCUT2D eigenvalue weighted by Gasteiger charge is -2.42. The van der Waals surface area contributed by atoms with Crippen LogP contribution in [-0.2, 0) is 16.1 Å². The van der Waals surface area contributed by atoms with Crippen LogP contribution in [0.3, 0.4) is 0 Å². The van der Waals surface area contributed by atoms with Crippen LogP contribution in [0.5, 0.6) is 17.6 Å². The zero-order valence-electron chi connectivity index (χ0n) is 28.2. The van der Waals surface area contributed by atoms with Gasteiger partial charge in [0.25, 0.3) is 0 Å². The van der Waals surface area contributed by atoms with E-state index in [1.54, 1.807) is 12.1 Å². The number of anilines is 1. The van der Waals surface area contributed by atoms with E-state index in [4.69, 9.17) is 29.2 Å². The van der Waals surface area contributed by atoms with Gasteiger partial charge < -0.3 is 29.7 Å². The fourth-order valence-corrected chi connectivity index (χ4v) is 10.0. The van der Waals surface area contributed by atoms with Crippen molar-refractivity contribution in [2.45, 2.75) is 70.2 Å². The Labute approximate surface area is 289 Å². The fourth-order valence-electron chi connectivity index (χ4n) is 8.71. The molecule has 3 N–H and O–H groups in total. The van der Waals surface area contributed by atoms with Gasteiger partial charge in [0, 0.05) is 70.5 Å². The Morgan fingerprint density at radius 2 is 1.94 bits per heavy atom. The Morgan fingerprint density at radius 3 is 2.70 bits per heavy atom. The third-order valence-corrected chi connectivity index (χ3v) is 13.2. The minimum Gasteiger partial charge on any atom is -0.508 e. The summed E-state index contributed by atoms with van der Waals surface area (Å²) in [4.78, 5) is 18.9. The Balaban J connectivity index is 1.17. The highest BCUT2D eigenvalue weighted by Gasteiger charge is 2.48. The van der Waals surface area contributed by atoms with Crippen molar-refractivity contribution in [1.82, 2.24) is 25.2 Å². The molecule has 0 radical (unpaired) electrons. The summed E-state index contributed by atoms with van der Waals surface area (Å²) >= 11 is 0. The lowest BCUT2D eigenvalue weighted by molar-refractivity contribution is 0.154. The summed E-state index contributed by atoms with van der Waals surface area (Å²) in [5, 5.41) is 15.9. The minimum atomic E-state index is -2.49. The standard InChI is InChI=1S/C36H41F2N7O4S/c1-3-23-25(37)6-4-20-14-22(46)15-24(27(20)23)30-29(38)31-28-33(45-16-21-5-7-26(40-21)32(45)19(2)49-34(28)41-30)43-35(42-31)48-18-36(8-9-36)17-44-10-12-50(39,47)13-11-44/h4,6,14-15,19,21,26,32,39-40,46H,3,5,7-13,16-18H2,1-2H3. The molecule has 1 saturated carbocycles.